The fraction of sp³-hybridized carbons (Fsp3) is 0.107. The van der Waals surface area contributed by atoms with Gasteiger partial charge in [0.2, 0.25) is 5.91 Å². The van der Waals surface area contributed by atoms with Crippen LogP contribution in [0.1, 0.15) is 11.4 Å². The smallest absolute Gasteiger partial charge is 0.244 e. The molecule has 0 spiro atoms. The number of anilines is 1. The molecule has 0 saturated carbocycles. The highest BCUT2D eigenvalue weighted by molar-refractivity contribution is 7.98. The third-order valence-corrected chi connectivity index (χ3v) is 6.50. The highest BCUT2D eigenvalue weighted by Gasteiger charge is 2.14. The Hall–Kier alpha value is -4.10. The number of para-hydroxylation sites is 3. The van der Waals surface area contributed by atoms with E-state index < -0.39 is 0 Å². The predicted molar refractivity (Wildman–Crippen MR) is 139 cm³/mol. The van der Waals surface area contributed by atoms with Gasteiger partial charge in [-0.15, -0.1) is 11.8 Å². The van der Waals surface area contributed by atoms with E-state index in [0.717, 1.165) is 33.1 Å². The van der Waals surface area contributed by atoms with E-state index in [1.54, 1.807) is 18.0 Å². The molecule has 35 heavy (non-hydrogen) atoms. The Bertz CT molecular complexity index is 1400. The molecule has 0 atom stereocenters. The van der Waals surface area contributed by atoms with Crippen molar-refractivity contribution in [1.29, 1.82) is 0 Å². The summed E-state index contributed by atoms with van der Waals surface area (Å²) < 4.78 is 7.82. The number of carbonyl (C=O) groups is 1. The first-order valence-electron chi connectivity index (χ1n) is 11.3. The largest absolute Gasteiger partial charge is 0.486 e. The molecular formula is C28H24N4O2S. The van der Waals surface area contributed by atoms with Crippen molar-refractivity contribution in [3.05, 3.63) is 115 Å². The minimum atomic E-state index is -0.120. The molecule has 174 valence electrons. The standard InChI is InChI=1S/C28H24N4O2S/c33-28(30-22-12-14-24(15-13-22)35-20-21-7-6-16-29-17-21)18-32-26-11-5-4-10-25(26)31-27(32)19-34-23-8-2-1-3-9-23/h1-17H,18-20H2,(H,30,33). The highest BCUT2D eigenvalue weighted by atomic mass is 32.2. The van der Waals surface area contributed by atoms with Crippen molar-refractivity contribution in [1.82, 2.24) is 14.5 Å². The number of carbonyl (C=O) groups excluding carboxylic acids is 1. The predicted octanol–water partition coefficient (Wildman–Crippen LogP) is 5.94. The number of amides is 1. The van der Waals surface area contributed by atoms with Gasteiger partial charge in [0.15, 0.2) is 0 Å². The van der Waals surface area contributed by atoms with E-state index >= 15 is 0 Å². The molecule has 2 aromatic heterocycles. The maximum atomic E-state index is 12.9. The van der Waals surface area contributed by atoms with Gasteiger partial charge in [-0.1, -0.05) is 36.4 Å². The average molecular weight is 481 g/mol. The van der Waals surface area contributed by atoms with Crippen LogP contribution in [0.25, 0.3) is 11.0 Å². The Morgan fingerprint density at radius 1 is 0.914 bits per heavy atom. The molecule has 0 radical (unpaired) electrons. The van der Waals surface area contributed by atoms with Crippen molar-refractivity contribution in [3.63, 3.8) is 0 Å². The van der Waals surface area contributed by atoms with Crippen molar-refractivity contribution in [2.45, 2.75) is 23.8 Å². The first-order chi connectivity index (χ1) is 17.2. The fourth-order valence-corrected chi connectivity index (χ4v) is 4.54. The van der Waals surface area contributed by atoms with Gasteiger partial charge in [0, 0.05) is 28.7 Å². The summed E-state index contributed by atoms with van der Waals surface area (Å²) in [4.78, 5) is 22.9. The van der Waals surface area contributed by atoms with Crippen LogP contribution in [0.15, 0.2) is 108 Å². The minimum Gasteiger partial charge on any atom is -0.486 e. The molecule has 2 heterocycles. The van der Waals surface area contributed by atoms with E-state index in [2.05, 4.69) is 16.4 Å². The lowest BCUT2D eigenvalue weighted by molar-refractivity contribution is -0.116. The van der Waals surface area contributed by atoms with Gasteiger partial charge < -0.3 is 14.6 Å². The zero-order valence-corrected chi connectivity index (χ0v) is 19.8. The van der Waals surface area contributed by atoms with Crippen molar-refractivity contribution >= 4 is 34.4 Å². The Morgan fingerprint density at radius 3 is 2.51 bits per heavy atom. The fourth-order valence-electron chi connectivity index (χ4n) is 3.71. The van der Waals surface area contributed by atoms with E-state index in [0.29, 0.717) is 5.82 Å². The Labute approximate surface area is 208 Å². The zero-order valence-electron chi connectivity index (χ0n) is 19.0. The third kappa shape index (κ3) is 5.88. The van der Waals surface area contributed by atoms with Gasteiger partial charge in [-0.05, 0) is 60.2 Å². The second kappa shape index (κ2) is 10.9. The van der Waals surface area contributed by atoms with Gasteiger partial charge >= 0.3 is 0 Å². The molecule has 0 aliphatic carbocycles. The molecule has 0 fully saturated rings. The molecule has 0 aliphatic heterocycles. The highest BCUT2D eigenvalue weighted by Crippen LogP contribution is 2.24. The van der Waals surface area contributed by atoms with Gasteiger partial charge in [-0.3, -0.25) is 9.78 Å². The summed E-state index contributed by atoms with van der Waals surface area (Å²) in [7, 11) is 0. The van der Waals surface area contributed by atoms with Crippen molar-refractivity contribution in [3.8, 4) is 5.75 Å². The number of benzene rings is 3. The number of nitrogens with zero attached hydrogens (tertiary/aromatic N) is 3. The normalized spacial score (nSPS) is 10.9. The summed E-state index contributed by atoms with van der Waals surface area (Å²) >= 11 is 1.73. The monoisotopic (exact) mass is 480 g/mol. The summed E-state index contributed by atoms with van der Waals surface area (Å²) in [6.07, 6.45) is 3.65. The van der Waals surface area contributed by atoms with Crippen LogP contribution in [0, 0.1) is 0 Å². The van der Waals surface area contributed by atoms with Gasteiger partial charge in [-0.25, -0.2) is 4.98 Å². The van der Waals surface area contributed by atoms with Crippen LogP contribution in [0.2, 0.25) is 0 Å². The van der Waals surface area contributed by atoms with Gasteiger partial charge in [0.25, 0.3) is 0 Å². The van der Waals surface area contributed by atoms with Crippen LogP contribution < -0.4 is 10.1 Å². The van der Waals surface area contributed by atoms with Gasteiger partial charge in [0.05, 0.1) is 11.0 Å². The number of ether oxygens (including phenoxy) is 1. The molecular weight excluding hydrogens is 456 g/mol. The second-order valence-electron chi connectivity index (χ2n) is 7.93. The van der Waals surface area contributed by atoms with Gasteiger partial charge in [-0.2, -0.15) is 0 Å². The minimum absolute atomic E-state index is 0.120. The van der Waals surface area contributed by atoms with Crippen LogP contribution in [0.5, 0.6) is 5.75 Å². The molecule has 1 N–H and O–H groups in total. The lowest BCUT2D eigenvalue weighted by atomic mass is 10.3. The number of aromatic nitrogens is 3. The molecule has 0 saturated heterocycles. The summed E-state index contributed by atoms with van der Waals surface area (Å²) in [6, 6.07) is 29.3. The van der Waals surface area contributed by atoms with E-state index in [9.17, 15) is 4.79 Å². The lowest BCUT2D eigenvalue weighted by Crippen LogP contribution is -2.20. The Balaban J connectivity index is 1.24. The third-order valence-electron chi connectivity index (χ3n) is 5.41. The maximum absolute atomic E-state index is 12.9. The maximum Gasteiger partial charge on any atom is 0.244 e. The first-order valence-corrected chi connectivity index (χ1v) is 12.3. The Morgan fingerprint density at radius 2 is 1.71 bits per heavy atom. The van der Waals surface area contributed by atoms with Crippen molar-refractivity contribution < 1.29 is 9.53 Å². The zero-order chi connectivity index (χ0) is 23.9. The van der Waals surface area contributed by atoms with Crippen LogP contribution in [-0.2, 0) is 23.7 Å². The van der Waals surface area contributed by atoms with Crippen LogP contribution in [0.4, 0.5) is 5.69 Å². The number of rotatable bonds is 9. The van der Waals surface area contributed by atoms with Crippen LogP contribution in [-0.4, -0.2) is 20.4 Å². The average Bonchev–Trinajstić information content (AvgIpc) is 3.25. The number of fused-ring (bicyclic) bond motifs is 1. The number of hydrogen-bond acceptors (Lipinski definition) is 5. The molecule has 7 heteroatoms. The summed E-state index contributed by atoms with van der Waals surface area (Å²) in [6.45, 7) is 0.417. The second-order valence-corrected chi connectivity index (χ2v) is 8.98. The van der Waals surface area contributed by atoms with E-state index in [-0.39, 0.29) is 19.1 Å². The number of nitrogens with one attached hydrogen (secondary N) is 1. The van der Waals surface area contributed by atoms with Crippen molar-refractivity contribution in [2.24, 2.45) is 0 Å². The SMILES string of the molecule is O=C(Cn1c(COc2ccccc2)nc2ccccc21)Nc1ccc(SCc2cccnc2)cc1. The van der Waals surface area contributed by atoms with E-state index in [1.165, 1.54) is 5.56 Å². The van der Waals surface area contributed by atoms with Gasteiger partial charge in [0.1, 0.15) is 24.7 Å². The number of thioether (sulfide) groups is 1. The quantitative estimate of drug-likeness (QED) is 0.264. The topological polar surface area (TPSA) is 69.0 Å². The molecule has 0 aliphatic rings. The Kier molecular flexibility index (Phi) is 7.05. The number of pyridine rings is 1. The molecule has 0 unspecified atom stereocenters. The van der Waals surface area contributed by atoms with E-state index in [4.69, 9.17) is 9.72 Å². The number of hydrogen-bond donors (Lipinski definition) is 1. The van der Waals surface area contributed by atoms with Crippen molar-refractivity contribution in [2.75, 3.05) is 5.32 Å². The summed E-state index contributed by atoms with van der Waals surface area (Å²) in [5.41, 5.74) is 3.67. The molecule has 1 amide bonds. The summed E-state index contributed by atoms with van der Waals surface area (Å²) in [5, 5.41) is 3.00. The first kappa shape index (κ1) is 22.7. The number of imidazole rings is 1. The van der Waals surface area contributed by atoms with Crippen LogP contribution >= 0.6 is 11.8 Å². The van der Waals surface area contributed by atoms with E-state index in [1.807, 2.05) is 95.7 Å². The molecule has 6 nitrogen and oxygen atoms in total. The lowest BCUT2D eigenvalue weighted by Gasteiger charge is -2.11. The molecule has 0 bridgehead atoms. The van der Waals surface area contributed by atoms with Crippen LogP contribution in [0.3, 0.4) is 0 Å². The summed E-state index contributed by atoms with van der Waals surface area (Å²) in [5.74, 6) is 2.19. The molecule has 5 aromatic rings. The molecule has 3 aromatic carbocycles. The molecule has 5 rings (SSSR count).